The Hall–Kier alpha value is -2.75. The number of benzene rings is 2. The lowest BCUT2D eigenvalue weighted by atomic mass is 9.99. The highest BCUT2D eigenvalue weighted by molar-refractivity contribution is 9.10. The first kappa shape index (κ1) is 22.9. The molecule has 0 saturated carbocycles. The minimum Gasteiger partial charge on any atom is -0.343 e. The van der Waals surface area contributed by atoms with Crippen LogP contribution >= 0.6 is 15.9 Å². The molecule has 0 spiro atoms. The van der Waals surface area contributed by atoms with E-state index in [2.05, 4.69) is 21.2 Å². The van der Waals surface area contributed by atoms with Gasteiger partial charge in [-0.05, 0) is 42.3 Å². The van der Waals surface area contributed by atoms with Crippen molar-refractivity contribution < 1.29 is 31.5 Å². The van der Waals surface area contributed by atoms with Crippen LogP contribution in [0.1, 0.15) is 22.3 Å². The number of hydrogen-bond acceptors (Lipinski definition) is 2. The Labute approximate surface area is 182 Å². The number of carbonyl (C=O) groups is 2. The van der Waals surface area contributed by atoms with Crippen LogP contribution in [0.3, 0.4) is 0 Å². The lowest BCUT2D eigenvalue weighted by Gasteiger charge is -2.29. The van der Waals surface area contributed by atoms with Crippen molar-refractivity contribution >= 4 is 33.8 Å². The summed E-state index contributed by atoms with van der Waals surface area (Å²) in [5.74, 6) is -2.70. The van der Waals surface area contributed by atoms with Gasteiger partial charge < -0.3 is 10.2 Å². The molecule has 0 aliphatic carbocycles. The minimum absolute atomic E-state index is 0.0791. The van der Waals surface area contributed by atoms with Crippen LogP contribution in [0, 0.1) is 11.6 Å². The third-order valence-electron chi connectivity index (χ3n) is 4.76. The van der Waals surface area contributed by atoms with Crippen molar-refractivity contribution in [2.45, 2.75) is 19.1 Å². The molecule has 31 heavy (non-hydrogen) atoms. The standard InChI is InChI=1S/C21H16BrF5N2O2/c22-15-7-13-5-6-29(11-16(13)18(24)9-15)20(31)10-28-19(30)4-2-12-1-3-14(8-17(12)23)21(25,26)27/h1-4,7-9H,5-6,10-11H2,(H,28,30)/b4-2+. The van der Waals surface area contributed by atoms with Gasteiger partial charge in [0.25, 0.3) is 0 Å². The molecule has 2 amide bonds. The zero-order chi connectivity index (χ0) is 22.8. The van der Waals surface area contributed by atoms with E-state index in [1.54, 1.807) is 6.07 Å². The fraction of sp³-hybridized carbons (Fsp3) is 0.238. The summed E-state index contributed by atoms with van der Waals surface area (Å²) in [5.41, 5.74) is -0.110. The molecule has 1 heterocycles. The summed E-state index contributed by atoms with van der Waals surface area (Å²) in [7, 11) is 0. The Balaban J connectivity index is 1.56. The second-order valence-corrected chi connectivity index (χ2v) is 7.79. The highest BCUT2D eigenvalue weighted by Gasteiger charge is 2.31. The van der Waals surface area contributed by atoms with E-state index in [1.807, 2.05) is 0 Å². The van der Waals surface area contributed by atoms with Crippen molar-refractivity contribution in [3.63, 3.8) is 0 Å². The summed E-state index contributed by atoms with van der Waals surface area (Å²) < 4.78 is 66.2. The lowest BCUT2D eigenvalue weighted by molar-refractivity contribution is -0.137. The third kappa shape index (κ3) is 5.69. The Morgan fingerprint density at radius 1 is 1.13 bits per heavy atom. The number of rotatable bonds is 4. The van der Waals surface area contributed by atoms with Crippen molar-refractivity contribution in [2.75, 3.05) is 13.1 Å². The predicted molar refractivity (Wildman–Crippen MR) is 107 cm³/mol. The number of amides is 2. The van der Waals surface area contributed by atoms with Gasteiger partial charge in [0.05, 0.1) is 12.1 Å². The topological polar surface area (TPSA) is 49.4 Å². The normalized spacial score (nSPS) is 13.9. The van der Waals surface area contributed by atoms with E-state index in [-0.39, 0.29) is 18.7 Å². The highest BCUT2D eigenvalue weighted by atomic mass is 79.9. The molecule has 0 atom stereocenters. The second kappa shape index (κ2) is 9.17. The summed E-state index contributed by atoms with van der Waals surface area (Å²) in [5, 5.41) is 2.33. The highest BCUT2D eigenvalue weighted by Crippen LogP contribution is 2.30. The van der Waals surface area contributed by atoms with Gasteiger partial charge in [-0.25, -0.2) is 8.78 Å². The van der Waals surface area contributed by atoms with Crippen LogP contribution in [-0.4, -0.2) is 29.8 Å². The van der Waals surface area contributed by atoms with Gasteiger partial charge in [0.1, 0.15) is 11.6 Å². The molecule has 0 saturated heterocycles. The quantitative estimate of drug-likeness (QED) is 0.495. The number of alkyl halides is 3. The summed E-state index contributed by atoms with van der Waals surface area (Å²) in [4.78, 5) is 25.6. The Kier molecular flexibility index (Phi) is 6.78. The van der Waals surface area contributed by atoms with Crippen LogP contribution in [0.25, 0.3) is 6.08 Å². The van der Waals surface area contributed by atoms with Gasteiger partial charge in [0.2, 0.25) is 11.8 Å². The molecule has 1 N–H and O–H groups in total. The van der Waals surface area contributed by atoms with Crippen molar-refractivity contribution in [3.05, 3.63) is 74.8 Å². The molecule has 4 nitrogen and oxygen atoms in total. The van der Waals surface area contributed by atoms with Gasteiger partial charge in [0.15, 0.2) is 0 Å². The van der Waals surface area contributed by atoms with Gasteiger partial charge in [-0.15, -0.1) is 0 Å². The Morgan fingerprint density at radius 3 is 2.55 bits per heavy atom. The van der Waals surface area contributed by atoms with Crippen LogP contribution in [0.5, 0.6) is 0 Å². The molecule has 0 bridgehead atoms. The molecular weight excluding hydrogens is 487 g/mol. The molecule has 1 aliphatic rings. The van der Waals surface area contributed by atoms with Crippen LogP contribution in [0.2, 0.25) is 0 Å². The lowest BCUT2D eigenvalue weighted by Crippen LogP contribution is -2.42. The molecule has 3 rings (SSSR count). The molecule has 0 fully saturated rings. The smallest absolute Gasteiger partial charge is 0.343 e. The predicted octanol–water partition coefficient (Wildman–Crippen LogP) is 4.46. The molecule has 2 aromatic carbocycles. The van der Waals surface area contributed by atoms with E-state index in [0.717, 1.165) is 23.8 Å². The molecule has 2 aromatic rings. The van der Waals surface area contributed by atoms with E-state index in [0.29, 0.717) is 35.1 Å². The zero-order valence-corrected chi connectivity index (χ0v) is 17.5. The van der Waals surface area contributed by atoms with Crippen molar-refractivity contribution in [1.29, 1.82) is 0 Å². The summed E-state index contributed by atoms with van der Waals surface area (Å²) in [6, 6.07) is 5.07. The van der Waals surface area contributed by atoms with Gasteiger partial charge in [-0.3, -0.25) is 9.59 Å². The maximum Gasteiger partial charge on any atom is 0.416 e. The first-order valence-electron chi connectivity index (χ1n) is 9.12. The van der Waals surface area contributed by atoms with Crippen molar-refractivity contribution in [3.8, 4) is 0 Å². The van der Waals surface area contributed by atoms with Gasteiger partial charge in [-0.1, -0.05) is 22.0 Å². The largest absolute Gasteiger partial charge is 0.416 e. The van der Waals surface area contributed by atoms with Crippen LogP contribution < -0.4 is 5.32 Å². The van der Waals surface area contributed by atoms with E-state index in [9.17, 15) is 31.5 Å². The monoisotopic (exact) mass is 502 g/mol. The van der Waals surface area contributed by atoms with Crippen molar-refractivity contribution in [2.24, 2.45) is 0 Å². The summed E-state index contributed by atoms with van der Waals surface area (Å²) in [6.45, 7) is 0.0894. The van der Waals surface area contributed by atoms with Gasteiger partial charge in [-0.2, -0.15) is 13.2 Å². The minimum atomic E-state index is -4.67. The van der Waals surface area contributed by atoms with E-state index >= 15 is 0 Å². The zero-order valence-electron chi connectivity index (χ0n) is 15.9. The summed E-state index contributed by atoms with van der Waals surface area (Å²) >= 11 is 3.23. The van der Waals surface area contributed by atoms with E-state index in [1.165, 1.54) is 11.0 Å². The molecule has 1 aliphatic heterocycles. The molecule has 0 unspecified atom stereocenters. The van der Waals surface area contributed by atoms with Crippen LogP contribution in [-0.2, 0) is 28.7 Å². The van der Waals surface area contributed by atoms with Gasteiger partial charge >= 0.3 is 6.18 Å². The number of fused-ring (bicyclic) bond motifs is 1. The number of nitrogens with one attached hydrogen (secondary N) is 1. The SMILES string of the molecule is O=C(/C=C/c1ccc(C(F)(F)F)cc1F)NCC(=O)N1CCc2cc(Br)cc(F)c2C1. The third-order valence-corrected chi connectivity index (χ3v) is 5.22. The molecule has 164 valence electrons. The second-order valence-electron chi connectivity index (χ2n) is 6.88. The maximum absolute atomic E-state index is 14.1. The molecular formula is C21H16BrF5N2O2. The molecule has 0 aromatic heterocycles. The average Bonchev–Trinajstić information content (AvgIpc) is 2.70. The van der Waals surface area contributed by atoms with Gasteiger partial charge in [0, 0.05) is 34.8 Å². The average molecular weight is 503 g/mol. The molecule has 0 radical (unpaired) electrons. The Morgan fingerprint density at radius 2 is 1.87 bits per heavy atom. The first-order valence-corrected chi connectivity index (χ1v) is 9.91. The number of hydrogen-bond donors (Lipinski definition) is 1. The molecule has 10 heteroatoms. The van der Waals surface area contributed by atoms with E-state index < -0.39 is 35.2 Å². The fourth-order valence-electron chi connectivity index (χ4n) is 3.13. The van der Waals surface area contributed by atoms with Crippen molar-refractivity contribution in [1.82, 2.24) is 10.2 Å². The van der Waals surface area contributed by atoms with Crippen LogP contribution in [0.4, 0.5) is 22.0 Å². The summed E-state index contributed by atoms with van der Waals surface area (Å²) in [6.07, 6.45) is -2.27. The van der Waals surface area contributed by atoms with Crippen LogP contribution in [0.15, 0.2) is 40.9 Å². The Bertz CT molecular complexity index is 1050. The number of nitrogens with zero attached hydrogens (tertiary/aromatic N) is 1. The fourth-order valence-corrected chi connectivity index (χ4v) is 3.61. The maximum atomic E-state index is 14.1. The van der Waals surface area contributed by atoms with E-state index in [4.69, 9.17) is 0 Å². The number of halogens is 6. The first-order chi connectivity index (χ1) is 14.5. The number of carbonyl (C=O) groups excluding carboxylic acids is 2.